The predicted molar refractivity (Wildman–Crippen MR) is 86.5 cm³/mol. The van der Waals surface area contributed by atoms with Crippen molar-refractivity contribution >= 4 is 15.9 Å². The van der Waals surface area contributed by atoms with Crippen LogP contribution >= 0.6 is 15.9 Å². The second-order valence-electron chi connectivity index (χ2n) is 6.04. The molecule has 1 N–H and O–H groups in total. The minimum atomic E-state index is 0.0386. The van der Waals surface area contributed by atoms with Gasteiger partial charge in [0.1, 0.15) is 5.75 Å². The van der Waals surface area contributed by atoms with E-state index in [1.807, 2.05) is 20.0 Å². The summed E-state index contributed by atoms with van der Waals surface area (Å²) < 4.78 is 8.62. The molecule has 0 spiro atoms. The van der Waals surface area contributed by atoms with E-state index in [1.165, 1.54) is 0 Å². The topological polar surface area (TPSA) is 52.0 Å². The van der Waals surface area contributed by atoms with Crippen LogP contribution in [-0.2, 0) is 13.6 Å². The van der Waals surface area contributed by atoms with Crippen molar-refractivity contribution < 1.29 is 4.74 Å². The fourth-order valence-corrected chi connectivity index (χ4v) is 2.27. The zero-order valence-electron chi connectivity index (χ0n) is 13.1. The number of hydrogen-bond acceptors (Lipinski definition) is 4. The number of nitrogens with zero attached hydrogens (tertiary/aromatic N) is 3. The van der Waals surface area contributed by atoms with E-state index in [2.05, 4.69) is 52.1 Å². The lowest BCUT2D eigenvalue weighted by molar-refractivity contribution is 0.401. The summed E-state index contributed by atoms with van der Waals surface area (Å²) in [6, 6.07) is 1.89. The molecule has 114 valence electrons. The molecule has 0 saturated heterocycles. The van der Waals surface area contributed by atoms with Crippen molar-refractivity contribution in [3.05, 3.63) is 34.2 Å². The van der Waals surface area contributed by atoms with E-state index < -0.39 is 0 Å². The first-order valence-electron chi connectivity index (χ1n) is 6.82. The van der Waals surface area contributed by atoms with Gasteiger partial charge in [0.15, 0.2) is 0 Å². The lowest BCUT2D eigenvalue weighted by Gasteiger charge is -2.20. The molecule has 0 saturated carbocycles. The largest absolute Gasteiger partial charge is 0.437 e. The van der Waals surface area contributed by atoms with Crippen LogP contribution in [0.2, 0.25) is 0 Å². The van der Waals surface area contributed by atoms with Crippen molar-refractivity contribution in [1.29, 1.82) is 0 Å². The molecule has 0 amide bonds. The van der Waals surface area contributed by atoms with Crippen LogP contribution < -0.4 is 10.1 Å². The fraction of sp³-hybridized carbons (Fsp3) is 0.467. The first-order valence-corrected chi connectivity index (χ1v) is 7.61. The summed E-state index contributed by atoms with van der Waals surface area (Å²) in [7, 11) is 1.88. The van der Waals surface area contributed by atoms with Crippen molar-refractivity contribution in [3.8, 4) is 11.6 Å². The SMILES string of the molecule is Cc1nn(C)c(Oc2cncc(Br)c2)c1CNC(C)(C)C. The molecule has 2 aromatic heterocycles. The molecule has 0 bridgehead atoms. The second kappa shape index (κ2) is 6.15. The summed E-state index contributed by atoms with van der Waals surface area (Å²) >= 11 is 3.40. The normalized spacial score (nSPS) is 11.7. The van der Waals surface area contributed by atoms with Gasteiger partial charge in [-0.3, -0.25) is 4.98 Å². The molecule has 2 rings (SSSR count). The average Bonchev–Trinajstić information content (AvgIpc) is 2.61. The summed E-state index contributed by atoms with van der Waals surface area (Å²) in [4.78, 5) is 4.11. The van der Waals surface area contributed by atoms with Crippen molar-refractivity contribution in [2.24, 2.45) is 7.05 Å². The van der Waals surface area contributed by atoms with E-state index in [0.29, 0.717) is 12.3 Å². The highest BCUT2D eigenvalue weighted by Crippen LogP contribution is 2.28. The Hall–Kier alpha value is -1.40. The maximum Gasteiger partial charge on any atom is 0.222 e. The summed E-state index contributed by atoms with van der Waals surface area (Å²) in [6.45, 7) is 9.11. The Labute approximate surface area is 133 Å². The van der Waals surface area contributed by atoms with E-state index in [-0.39, 0.29) is 5.54 Å². The Morgan fingerprint density at radius 2 is 2.05 bits per heavy atom. The van der Waals surface area contributed by atoms with Crippen molar-refractivity contribution in [2.45, 2.75) is 39.8 Å². The average molecular weight is 353 g/mol. The molecule has 0 aliphatic rings. The van der Waals surface area contributed by atoms with Gasteiger partial charge in [0, 0.05) is 29.8 Å². The van der Waals surface area contributed by atoms with Crippen LogP contribution in [0.15, 0.2) is 22.9 Å². The number of nitrogens with one attached hydrogen (secondary N) is 1. The van der Waals surface area contributed by atoms with E-state index in [4.69, 9.17) is 4.74 Å². The third kappa shape index (κ3) is 4.28. The fourth-order valence-electron chi connectivity index (χ4n) is 1.93. The highest BCUT2D eigenvalue weighted by molar-refractivity contribution is 9.10. The van der Waals surface area contributed by atoms with E-state index in [0.717, 1.165) is 21.6 Å². The van der Waals surface area contributed by atoms with Gasteiger partial charge in [-0.25, -0.2) is 4.68 Å². The van der Waals surface area contributed by atoms with Gasteiger partial charge >= 0.3 is 0 Å². The number of pyridine rings is 1. The monoisotopic (exact) mass is 352 g/mol. The molecular formula is C15H21BrN4O. The summed E-state index contributed by atoms with van der Waals surface area (Å²) in [5.41, 5.74) is 2.07. The van der Waals surface area contributed by atoms with Crippen LogP contribution in [0.1, 0.15) is 32.0 Å². The van der Waals surface area contributed by atoms with Crippen LogP contribution in [-0.4, -0.2) is 20.3 Å². The molecular weight excluding hydrogens is 332 g/mol. The minimum Gasteiger partial charge on any atom is -0.437 e. The number of halogens is 1. The molecule has 6 heteroatoms. The van der Waals surface area contributed by atoms with Crippen LogP contribution in [0.3, 0.4) is 0 Å². The van der Waals surface area contributed by atoms with Gasteiger partial charge in [0.2, 0.25) is 5.88 Å². The van der Waals surface area contributed by atoms with Crippen molar-refractivity contribution in [2.75, 3.05) is 0 Å². The first-order chi connectivity index (χ1) is 9.76. The zero-order valence-corrected chi connectivity index (χ0v) is 14.7. The maximum atomic E-state index is 5.98. The predicted octanol–water partition coefficient (Wildman–Crippen LogP) is 3.57. The number of hydrogen-bond donors (Lipinski definition) is 1. The van der Waals surface area contributed by atoms with E-state index in [9.17, 15) is 0 Å². The first kappa shape index (κ1) is 16.0. The van der Waals surface area contributed by atoms with Gasteiger partial charge in [-0.05, 0) is 49.7 Å². The molecule has 0 aromatic carbocycles. The number of aromatic nitrogens is 3. The Morgan fingerprint density at radius 3 is 2.67 bits per heavy atom. The number of ether oxygens (including phenoxy) is 1. The van der Waals surface area contributed by atoms with Gasteiger partial charge in [0.05, 0.1) is 17.5 Å². The van der Waals surface area contributed by atoms with E-state index >= 15 is 0 Å². The highest BCUT2D eigenvalue weighted by atomic mass is 79.9. The third-order valence-electron chi connectivity index (χ3n) is 2.98. The number of rotatable bonds is 4. The van der Waals surface area contributed by atoms with Crippen molar-refractivity contribution in [1.82, 2.24) is 20.1 Å². The summed E-state index contributed by atoms with van der Waals surface area (Å²) in [5, 5.41) is 7.92. The van der Waals surface area contributed by atoms with Gasteiger partial charge in [-0.2, -0.15) is 5.10 Å². The summed E-state index contributed by atoms with van der Waals surface area (Å²) in [5.74, 6) is 1.42. The Morgan fingerprint density at radius 1 is 1.33 bits per heavy atom. The molecule has 2 heterocycles. The summed E-state index contributed by atoms with van der Waals surface area (Å²) in [6.07, 6.45) is 3.41. The quantitative estimate of drug-likeness (QED) is 0.913. The molecule has 0 aliphatic carbocycles. The Bertz CT molecular complexity index is 631. The lowest BCUT2D eigenvalue weighted by atomic mass is 10.1. The maximum absolute atomic E-state index is 5.98. The third-order valence-corrected chi connectivity index (χ3v) is 3.41. The molecule has 5 nitrogen and oxygen atoms in total. The van der Waals surface area contributed by atoms with Crippen LogP contribution in [0.4, 0.5) is 0 Å². The molecule has 0 radical (unpaired) electrons. The minimum absolute atomic E-state index is 0.0386. The van der Waals surface area contributed by atoms with E-state index in [1.54, 1.807) is 17.1 Å². The van der Waals surface area contributed by atoms with Crippen LogP contribution in [0.25, 0.3) is 0 Å². The van der Waals surface area contributed by atoms with Gasteiger partial charge in [-0.15, -0.1) is 0 Å². The van der Waals surface area contributed by atoms with Crippen molar-refractivity contribution in [3.63, 3.8) is 0 Å². The molecule has 21 heavy (non-hydrogen) atoms. The Balaban J connectivity index is 2.26. The van der Waals surface area contributed by atoms with Gasteiger partial charge in [0.25, 0.3) is 0 Å². The lowest BCUT2D eigenvalue weighted by Crippen LogP contribution is -2.35. The standard InChI is InChI=1S/C15H21BrN4O/c1-10-13(9-18-15(2,3)4)14(20(5)19-10)21-12-6-11(16)7-17-8-12/h6-8,18H,9H2,1-5H3. The molecule has 0 aliphatic heterocycles. The molecule has 0 atom stereocenters. The molecule has 2 aromatic rings. The van der Waals surface area contributed by atoms with Gasteiger partial charge in [-0.1, -0.05) is 0 Å². The zero-order chi connectivity index (χ0) is 15.6. The highest BCUT2D eigenvalue weighted by Gasteiger charge is 2.18. The smallest absolute Gasteiger partial charge is 0.222 e. The van der Waals surface area contributed by atoms with Crippen LogP contribution in [0.5, 0.6) is 11.6 Å². The van der Waals surface area contributed by atoms with Gasteiger partial charge < -0.3 is 10.1 Å². The second-order valence-corrected chi connectivity index (χ2v) is 6.95. The molecule has 0 fully saturated rings. The van der Waals surface area contributed by atoms with Crippen LogP contribution in [0, 0.1) is 6.92 Å². The Kier molecular flexibility index (Phi) is 4.68. The molecule has 0 unspecified atom stereocenters. The number of aryl methyl sites for hydroxylation is 2.